The van der Waals surface area contributed by atoms with E-state index in [-0.39, 0.29) is 25.0 Å². The Hall–Kier alpha value is -3.09. The third kappa shape index (κ3) is 5.44. The van der Waals surface area contributed by atoms with Crippen molar-refractivity contribution in [2.45, 2.75) is 27.3 Å². The second-order valence-corrected chi connectivity index (χ2v) is 6.51. The molecule has 2 rings (SSSR count). The fourth-order valence-corrected chi connectivity index (χ4v) is 2.89. The Kier molecular flexibility index (Phi) is 6.76. The molecule has 0 bridgehead atoms. The quantitative estimate of drug-likeness (QED) is 0.819. The van der Waals surface area contributed by atoms with Gasteiger partial charge < -0.3 is 20.3 Å². The van der Waals surface area contributed by atoms with E-state index in [9.17, 15) is 9.59 Å². The van der Waals surface area contributed by atoms with E-state index in [1.54, 1.807) is 19.3 Å². The van der Waals surface area contributed by atoms with Gasteiger partial charge in [0.2, 0.25) is 11.8 Å². The van der Waals surface area contributed by atoms with E-state index in [1.807, 2.05) is 39.0 Å². The second-order valence-electron chi connectivity index (χ2n) is 6.51. The normalized spacial score (nSPS) is 10.3. The number of rotatable bonds is 6. The number of hydrogen-bond acceptors (Lipinski definition) is 4. The molecule has 0 aliphatic carbocycles. The maximum atomic E-state index is 12.3. The van der Waals surface area contributed by atoms with Gasteiger partial charge in [-0.3, -0.25) is 4.79 Å². The largest absolute Gasteiger partial charge is 0.481 e. The van der Waals surface area contributed by atoms with Gasteiger partial charge in [-0.2, -0.15) is 0 Å². The lowest BCUT2D eigenvalue weighted by Gasteiger charge is -2.19. The van der Waals surface area contributed by atoms with Crippen LogP contribution in [0.25, 0.3) is 0 Å². The predicted octanol–water partition coefficient (Wildman–Crippen LogP) is 2.80. The monoisotopic (exact) mass is 370 g/mol. The number of anilines is 1. The van der Waals surface area contributed by atoms with Gasteiger partial charge in [0.15, 0.2) is 0 Å². The number of aryl methyl sites for hydroxylation is 3. The van der Waals surface area contributed by atoms with Crippen molar-refractivity contribution >= 4 is 17.6 Å². The molecule has 0 saturated heterocycles. The molecule has 1 heterocycles. The van der Waals surface area contributed by atoms with E-state index in [0.717, 1.165) is 27.9 Å². The lowest BCUT2D eigenvalue weighted by atomic mass is 10.1. The number of hydrogen-bond donors (Lipinski definition) is 2. The zero-order chi connectivity index (χ0) is 20.0. The van der Waals surface area contributed by atoms with Crippen LogP contribution in [0, 0.1) is 20.8 Å². The minimum absolute atomic E-state index is 0.0528. The lowest BCUT2D eigenvalue weighted by Crippen LogP contribution is -2.41. The smallest absolute Gasteiger partial charge is 0.317 e. The first-order valence-corrected chi connectivity index (χ1v) is 8.66. The van der Waals surface area contributed by atoms with Gasteiger partial charge in [-0.05, 0) is 38.0 Å². The van der Waals surface area contributed by atoms with Gasteiger partial charge in [0, 0.05) is 31.0 Å². The molecule has 27 heavy (non-hydrogen) atoms. The van der Waals surface area contributed by atoms with Crippen molar-refractivity contribution in [2.75, 3.05) is 26.0 Å². The molecule has 0 aliphatic heterocycles. The van der Waals surface area contributed by atoms with Crippen molar-refractivity contribution in [3.05, 3.63) is 52.7 Å². The first-order chi connectivity index (χ1) is 12.8. The van der Waals surface area contributed by atoms with Crippen LogP contribution in [0.3, 0.4) is 0 Å². The van der Waals surface area contributed by atoms with Crippen LogP contribution in [0.4, 0.5) is 10.5 Å². The zero-order valence-corrected chi connectivity index (χ0v) is 16.4. The molecule has 2 N–H and O–H groups in total. The van der Waals surface area contributed by atoms with Crippen LogP contribution in [0.2, 0.25) is 0 Å². The minimum atomic E-state index is -0.353. The molecular formula is C20H26N4O3. The summed E-state index contributed by atoms with van der Waals surface area (Å²) in [6.07, 6.45) is 1.62. The average molecular weight is 370 g/mol. The van der Waals surface area contributed by atoms with Gasteiger partial charge in [-0.15, -0.1) is 0 Å². The minimum Gasteiger partial charge on any atom is -0.481 e. The highest BCUT2D eigenvalue weighted by molar-refractivity contribution is 5.95. The highest BCUT2D eigenvalue weighted by Gasteiger charge is 2.15. The van der Waals surface area contributed by atoms with E-state index < -0.39 is 0 Å². The van der Waals surface area contributed by atoms with Crippen molar-refractivity contribution < 1.29 is 14.3 Å². The fraction of sp³-hybridized carbons (Fsp3) is 0.350. The van der Waals surface area contributed by atoms with Crippen LogP contribution in [0.5, 0.6) is 5.88 Å². The topological polar surface area (TPSA) is 83.6 Å². The number of benzene rings is 1. The predicted molar refractivity (Wildman–Crippen MR) is 105 cm³/mol. The molecule has 0 aliphatic rings. The van der Waals surface area contributed by atoms with Gasteiger partial charge in [0.1, 0.15) is 6.54 Å². The number of pyridine rings is 1. The molecule has 0 fully saturated rings. The summed E-state index contributed by atoms with van der Waals surface area (Å²) in [5.74, 6) is 0.213. The highest BCUT2D eigenvalue weighted by Crippen LogP contribution is 2.21. The molecule has 1 aromatic carbocycles. The van der Waals surface area contributed by atoms with Crippen molar-refractivity contribution in [2.24, 2.45) is 0 Å². The third-order valence-corrected chi connectivity index (χ3v) is 4.14. The summed E-state index contributed by atoms with van der Waals surface area (Å²) in [5.41, 5.74) is 4.69. The summed E-state index contributed by atoms with van der Waals surface area (Å²) in [6, 6.07) is 7.27. The van der Waals surface area contributed by atoms with Crippen molar-refractivity contribution in [1.82, 2.24) is 15.2 Å². The molecular weight excluding hydrogens is 344 g/mol. The first-order valence-electron chi connectivity index (χ1n) is 8.66. The first kappa shape index (κ1) is 20.2. The fourth-order valence-electron chi connectivity index (χ4n) is 2.89. The number of nitrogens with one attached hydrogen (secondary N) is 2. The Bertz CT molecular complexity index is 813. The molecule has 0 radical (unpaired) electrons. The van der Waals surface area contributed by atoms with Crippen molar-refractivity contribution in [3.63, 3.8) is 0 Å². The summed E-state index contributed by atoms with van der Waals surface area (Å²) in [4.78, 5) is 30.0. The zero-order valence-electron chi connectivity index (χ0n) is 16.4. The summed E-state index contributed by atoms with van der Waals surface area (Å²) in [6.45, 7) is 6.13. The van der Waals surface area contributed by atoms with Crippen LogP contribution >= 0.6 is 0 Å². The maximum Gasteiger partial charge on any atom is 0.317 e. The molecule has 0 atom stereocenters. The standard InChI is InChI=1S/C20H26N4O3/c1-13-9-14(2)18(15(3)10-13)23-17(25)12-24(4)20(26)22-11-16-7-6-8-21-19(16)27-5/h6-10H,11-12H2,1-5H3,(H,22,26)(H,23,25). The van der Waals surface area contributed by atoms with E-state index in [4.69, 9.17) is 4.74 Å². The molecule has 7 heteroatoms. The molecule has 0 spiro atoms. The maximum absolute atomic E-state index is 12.3. The van der Waals surface area contributed by atoms with E-state index >= 15 is 0 Å². The summed E-state index contributed by atoms with van der Waals surface area (Å²) < 4.78 is 5.16. The number of carbonyl (C=O) groups excluding carboxylic acids is 2. The number of aromatic nitrogens is 1. The number of urea groups is 1. The van der Waals surface area contributed by atoms with E-state index in [1.165, 1.54) is 12.0 Å². The van der Waals surface area contributed by atoms with Crippen LogP contribution < -0.4 is 15.4 Å². The van der Waals surface area contributed by atoms with Gasteiger partial charge in [0.25, 0.3) is 0 Å². The highest BCUT2D eigenvalue weighted by atomic mass is 16.5. The van der Waals surface area contributed by atoms with Crippen LogP contribution in [0.15, 0.2) is 30.5 Å². The molecule has 144 valence electrons. The van der Waals surface area contributed by atoms with Crippen molar-refractivity contribution in [3.8, 4) is 5.88 Å². The van der Waals surface area contributed by atoms with Gasteiger partial charge in [-0.25, -0.2) is 9.78 Å². The molecule has 0 unspecified atom stereocenters. The van der Waals surface area contributed by atoms with Crippen LogP contribution in [-0.4, -0.2) is 42.5 Å². The Balaban J connectivity index is 1.91. The summed E-state index contributed by atoms with van der Waals surface area (Å²) in [7, 11) is 3.10. The van der Waals surface area contributed by atoms with E-state index in [2.05, 4.69) is 15.6 Å². The molecule has 2 aromatic rings. The number of likely N-dealkylation sites (N-methyl/N-ethyl adjacent to an activating group) is 1. The number of ether oxygens (including phenoxy) is 1. The molecule has 7 nitrogen and oxygen atoms in total. The summed E-state index contributed by atoms with van der Waals surface area (Å²) >= 11 is 0. The van der Waals surface area contributed by atoms with E-state index in [0.29, 0.717) is 5.88 Å². The molecule has 0 saturated carbocycles. The summed E-state index contributed by atoms with van der Waals surface area (Å²) in [5, 5.41) is 5.65. The Morgan fingerprint density at radius 2 is 1.85 bits per heavy atom. The number of carbonyl (C=O) groups is 2. The Labute approximate surface area is 159 Å². The number of nitrogens with zero attached hydrogens (tertiary/aromatic N) is 2. The van der Waals surface area contributed by atoms with Crippen molar-refractivity contribution in [1.29, 1.82) is 0 Å². The van der Waals surface area contributed by atoms with Crippen LogP contribution in [-0.2, 0) is 11.3 Å². The second kappa shape index (κ2) is 9.02. The number of methoxy groups -OCH3 is 1. The third-order valence-electron chi connectivity index (χ3n) is 4.14. The molecule has 1 aromatic heterocycles. The Morgan fingerprint density at radius 3 is 2.48 bits per heavy atom. The van der Waals surface area contributed by atoms with Crippen LogP contribution in [0.1, 0.15) is 22.3 Å². The van der Waals surface area contributed by atoms with Gasteiger partial charge in [0.05, 0.1) is 7.11 Å². The van der Waals surface area contributed by atoms with Gasteiger partial charge in [-0.1, -0.05) is 23.8 Å². The molecule has 3 amide bonds. The Morgan fingerprint density at radius 1 is 1.19 bits per heavy atom. The lowest BCUT2D eigenvalue weighted by molar-refractivity contribution is -0.116. The average Bonchev–Trinajstić information content (AvgIpc) is 2.62. The van der Waals surface area contributed by atoms with Gasteiger partial charge >= 0.3 is 6.03 Å². The SMILES string of the molecule is COc1ncccc1CNC(=O)N(C)CC(=O)Nc1c(C)cc(C)cc1C. The number of amides is 3.